The lowest BCUT2D eigenvalue weighted by Gasteiger charge is -2.44. The van der Waals surface area contributed by atoms with Crippen LogP contribution in [0, 0.1) is 5.41 Å². The van der Waals surface area contributed by atoms with Crippen molar-refractivity contribution in [2.45, 2.75) is 44.6 Å². The van der Waals surface area contributed by atoms with Gasteiger partial charge in [-0.25, -0.2) is 0 Å². The summed E-state index contributed by atoms with van der Waals surface area (Å²) in [6.07, 6.45) is 5.10. The number of thiophene rings is 1. The van der Waals surface area contributed by atoms with Crippen LogP contribution in [0.25, 0.3) is 10.1 Å². The van der Waals surface area contributed by atoms with Gasteiger partial charge in [-0.1, -0.05) is 22.0 Å². The molecule has 2 N–H and O–H groups in total. The van der Waals surface area contributed by atoms with Gasteiger partial charge >= 0.3 is 0 Å². The minimum atomic E-state index is -0.909. The van der Waals surface area contributed by atoms with Gasteiger partial charge in [-0.2, -0.15) is 0 Å². The summed E-state index contributed by atoms with van der Waals surface area (Å²) >= 11 is 4.94. The van der Waals surface area contributed by atoms with E-state index >= 15 is 0 Å². The molecule has 6 rings (SSSR count). The molecule has 8 nitrogen and oxygen atoms in total. The van der Waals surface area contributed by atoms with Crippen molar-refractivity contribution in [2.24, 2.45) is 5.41 Å². The van der Waals surface area contributed by atoms with Crippen molar-refractivity contribution in [1.82, 2.24) is 19.8 Å². The maximum absolute atomic E-state index is 13.4. The first-order valence-corrected chi connectivity index (χ1v) is 14.1. The number of fused-ring (bicyclic) bond motifs is 2. The SMILES string of the molecule is Nc1sc2cc(Br)ccc2c1C(=O)N1CCC(N2CCCC3(C2)C(=O)N2CCCCN2C3=O)CC1. The third-order valence-corrected chi connectivity index (χ3v) is 9.73. The molecule has 4 saturated heterocycles. The van der Waals surface area contributed by atoms with Crippen LogP contribution in [0.2, 0.25) is 0 Å². The molecular weight excluding hydrogens is 530 g/mol. The predicted octanol–water partition coefficient (Wildman–Crippen LogP) is 3.31. The Morgan fingerprint density at radius 2 is 1.69 bits per heavy atom. The number of nitrogen functional groups attached to an aromatic ring is 1. The van der Waals surface area contributed by atoms with Crippen molar-refractivity contribution in [1.29, 1.82) is 0 Å². The maximum atomic E-state index is 13.4. The quantitative estimate of drug-likeness (QED) is 0.570. The number of amides is 3. The van der Waals surface area contributed by atoms with Gasteiger partial charge in [0.1, 0.15) is 5.41 Å². The lowest BCUT2D eigenvalue weighted by Crippen LogP contribution is -2.56. The number of hydrogen-bond donors (Lipinski definition) is 1. The number of likely N-dealkylation sites (tertiary alicyclic amines) is 2. The molecule has 0 saturated carbocycles. The van der Waals surface area contributed by atoms with E-state index in [0.717, 1.165) is 53.2 Å². The number of rotatable bonds is 2. The van der Waals surface area contributed by atoms with Gasteiger partial charge in [0.15, 0.2) is 0 Å². The smallest absolute Gasteiger partial charge is 0.258 e. The molecule has 4 aliphatic rings. The van der Waals surface area contributed by atoms with E-state index in [2.05, 4.69) is 20.8 Å². The highest BCUT2D eigenvalue weighted by atomic mass is 79.9. The fourth-order valence-electron chi connectivity index (χ4n) is 6.42. The molecule has 2 aromatic rings. The Kier molecular flexibility index (Phi) is 5.80. The molecule has 5 heterocycles. The Labute approximate surface area is 217 Å². The van der Waals surface area contributed by atoms with E-state index < -0.39 is 5.41 Å². The number of carbonyl (C=O) groups excluding carboxylic acids is 3. The number of carbonyl (C=O) groups is 3. The van der Waals surface area contributed by atoms with Crippen LogP contribution < -0.4 is 5.73 Å². The number of hydrogen-bond acceptors (Lipinski definition) is 6. The molecule has 0 bridgehead atoms. The minimum Gasteiger partial charge on any atom is -0.390 e. The molecular formula is C25H30BrN5O3S. The van der Waals surface area contributed by atoms with Crippen LogP contribution in [0.15, 0.2) is 22.7 Å². The van der Waals surface area contributed by atoms with E-state index in [4.69, 9.17) is 5.73 Å². The van der Waals surface area contributed by atoms with Crippen LogP contribution in [-0.2, 0) is 9.59 Å². The Morgan fingerprint density at radius 3 is 2.37 bits per heavy atom. The number of halogens is 1. The second-order valence-electron chi connectivity index (χ2n) is 10.2. The van der Waals surface area contributed by atoms with Gasteiger partial charge < -0.3 is 10.6 Å². The Hall–Kier alpha value is -2.17. The molecule has 35 heavy (non-hydrogen) atoms. The van der Waals surface area contributed by atoms with Crippen LogP contribution in [0.4, 0.5) is 5.00 Å². The van der Waals surface area contributed by atoms with Crippen LogP contribution in [0.5, 0.6) is 0 Å². The molecule has 4 aliphatic heterocycles. The van der Waals surface area contributed by atoms with E-state index in [9.17, 15) is 14.4 Å². The number of benzene rings is 1. The normalized spacial score (nSPS) is 23.5. The third-order valence-electron chi connectivity index (χ3n) is 8.25. The summed E-state index contributed by atoms with van der Waals surface area (Å²) < 4.78 is 1.98. The molecule has 3 amide bonds. The fraction of sp³-hybridized carbons (Fsp3) is 0.560. The first-order chi connectivity index (χ1) is 16.9. The Bertz CT molecular complexity index is 1180. The van der Waals surface area contributed by atoms with E-state index in [1.165, 1.54) is 11.3 Å². The van der Waals surface area contributed by atoms with Crippen LogP contribution in [0.1, 0.15) is 48.9 Å². The van der Waals surface area contributed by atoms with E-state index in [1.807, 2.05) is 23.1 Å². The van der Waals surface area contributed by atoms with E-state index in [1.54, 1.807) is 10.0 Å². The molecule has 0 radical (unpaired) electrons. The second-order valence-corrected chi connectivity index (χ2v) is 12.2. The highest BCUT2D eigenvalue weighted by Gasteiger charge is 2.60. The van der Waals surface area contributed by atoms with Crippen molar-refractivity contribution < 1.29 is 14.4 Å². The average molecular weight is 561 g/mol. The highest BCUT2D eigenvalue weighted by molar-refractivity contribution is 9.10. The monoisotopic (exact) mass is 559 g/mol. The Morgan fingerprint density at radius 1 is 1.00 bits per heavy atom. The topological polar surface area (TPSA) is 90.2 Å². The van der Waals surface area contributed by atoms with E-state index in [0.29, 0.717) is 49.7 Å². The summed E-state index contributed by atoms with van der Waals surface area (Å²) in [5.74, 6) is 0.00684. The van der Waals surface area contributed by atoms with Gasteiger partial charge in [0.2, 0.25) is 0 Å². The summed E-state index contributed by atoms with van der Waals surface area (Å²) in [4.78, 5) is 44.4. The highest BCUT2D eigenvalue weighted by Crippen LogP contribution is 2.42. The van der Waals surface area contributed by atoms with Crippen molar-refractivity contribution >= 4 is 60.1 Å². The summed E-state index contributed by atoms with van der Waals surface area (Å²) in [5, 5.41) is 4.90. The number of hydrazine groups is 1. The van der Waals surface area contributed by atoms with Gasteiger partial charge in [-0.15, -0.1) is 11.3 Å². The molecule has 0 atom stereocenters. The largest absolute Gasteiger partial charge is 0.390 e. The molecule has 10 heteroatoms. The first kappa shape index (κ1) is 23.2. The number of anilines is 1. The van der Waals surface area contributed by atoms with Crippen molar-refractivity contribution in [3.63, 3.8) is 0 Å². The van der Waals surface area contributed by atoms with Gasteiger partial charge in [-0.3, -0.25) is 29.3 Å². The Balaban J connectivity index is 1.15. The van der Waals surface area contributed by atoms with Gasteiger partial charge in [0.05, 0.1) is 10.6 Å². The third kappa shape index (κ3) is 3.67. The zero-order valence-electron chi connectivity index (χ0n) is 19.7. The molecule has 0 unspecified atom stereocenters. The van der Waals surface area contributed by atoms with Gasteiger partial charge in [0.25, 0.3) is 17.7 Å². The average Bonchev–Trinajstić information content (AvgIpc) is 3.30. The summed E-state index contributed by atoms with van der Waals surface area (Å²) in [5.41, 5.74) is 5.98. The van der Waals surface area contributed by atoms with Crippen molar-refractivity contribution in [3.05, 3.63) is 28.2 Å². The summed E-state index contributed by atoms with van der Waals surface area (Å²) in [7, 11) is 0. The molecule has 1 spiro atoms. The van der Waals surface area contributed by atoms with Gasteiger partial charge in [-0.05, 0) is 57.2 Å². The lowest BCUT2D eigenvalue weighted by molar-refractivity contribution is -0.150. The maximum Gasteiger partial charge on any atom is 0.258 e. The predicted molar refractivity (Wildman–Crippen MR) is 139 cm³/mol. The number of piperidine rings is 2. The zero-order chi connectivity index (χ0) is 24.3. The fourth-order valence-corrected chi connectivity index (χ4v) is 7.94. The number of nitrogens with two attached hydrogens (primary N) is 1. The van der Waals surface area contributed by atoms with Crippen LogP contribution >= 0.6 is 27.3 Å². The first-order valence-electron chi connectivity index (χ1n) is 12.5. The molecule has 0 aliphatic carbocycles. The second kappa shape index (κ2) is 8.74. The molecule has 1 aromatic carbocycles. The zero-order valence-corrected chi connectivity index (χ0v) is 22.1. The van der Waals surface area contributed by atoms with Crippen LogP contribution in [-0.4, -0.2) is 82.8 Å². The molecule has 4 fully saturated rings. The standard InChI is InChI=1S/C25H30BrN5O3S/c26-16-4-5-18-19(14-16)35-21(27)20(18)22(32)28-12-6-17(7-13-28)29-9-3-8-25(15-29)23(33)30-10-1-2-11-31(30)24(25)34/h4-5,14,17H,1-3,6-13,15,27H2. The lowest BCUT2D eigenvalue weighted by atomic mass is 9.78. The molecule has 186 valence electrons. The summed E-state index contributed by atoms with van der Waals surface area (Å²) in [6.45, 7) is 4.03. The van der Waals surface area contributed by atoms with Gasteiger partial charge in [0, 0.05) is 53.3 Å². The van der Waals surface area contributed by atoms with E-state index in [-0.39, 0.29) is 23.8 Å². The summed E-state index contributed by atoms with van der Waals surface area (Å²) in [6, 6.07) is 6.18. The molecule has 1 aromatic heterocycles. The van der Waals surface area contributed by atoms with Crippen LogP contribution in [0.3, 0.4) is 0 Å². The van der Waals surface area contributed by atoms with Crippen molar-refractivity contribution in [3.8, 4) is 0 Å². The van der Waals surface area contributed by atoms with Crippen molar-refractivity contribution in [2.75, 3.05) is 45.0 Å². The minimum absolute atomic E-state index is 0.00420. The number of nitrogens with zero attached hydrogens (tertiary/aromatic N) is 4.